The number of hydrogen-bond acceptors (Lipinski definition) is 10. The molecule has 0 radical (unpaired) electrons. The first-order chi connectivity index (χ1) is 29.0. The van der Waals surface area contributed by atoms with Gasteiger partial charge in [0, 0.05) is 0 Å². The smallest absolute Gasteiger partial charge is 0.657 e. The van der Waals surface area contributed by atoms with Gasteiger partial charge in [-0.05, 0) is 90.7 Å². The van der Waals surface area contributed by atoms with Crippen LogP contribution < -0.4 is 31.8 Å². The Morgan fingerprint density at radius 2 is 0.492 bits per heavy atom. The SMILES string of the molecule is OB(O)c1ccc(-c2c3nc(c(-c4ccc(B(O)O)cc4)c4ccc([n-]4)c(-c4ccc(B(O)O)cc4)c4nc(c(-c5ccc(B(O)O)cc5)c5ccc2[n-]5)C=C4)C=C3)cc1.[Zn+2]. The van der Waals surface area contributed by atoms with Crippen LogP contribution in [0.25, 0.3) is 90.9 Å². The number of fused-ring (bicyclic) bond motifs is 8. The van der Waals surface area contributed by atoms with Crippen molar-refractivity contribution in [2.75, 3.05) is 0 Å². The Morgan fingerprint density at radius 1 is 0.295 bits per heavy atom. The Hall–Kier alpha value is -5.96. The standard InChI is InChI=1S/C44H32B4N4O8.Zn/c53-45(54)29-9-1-25(2-10-29)41-33-17-19-35(49-33)42(26-3-11-30(12-4-26)46(55)56)37-21-23-39(51-37)44(28-7-15-32(16-8-28)48(59)60)40-24-22-38(52-40)43(36-20-18-34(41)50-36)27-5-13-31(14-6-27)47(57)58;/h1-24,53-60H;/q-2;+2. The van der Waals surface area contributed by atoms with Crippen LogP contribution in [0, 0.1) is 0 Å². The van der Waals surface area contributed by atoms with Crippen LogP contribution in [0.5, 0.6) is 0 Å². The zero-order valence-corrected chi connectivity index (χ0v) is 35.2. The molecule has 61 heavy (non-hydrogen) atoms. The molecule has 2 aliphatic heterocycles. The molecule has 7 aromatic rings. The van der Waals surface area contributed by atoms with Crippen LogP contribution in [0.2, 0.25) is 0 Å². The van der Waals surface area contributed by atoms with Crippen molar-refractivity contribution in [2.24, 2.45) is 0 Å². The zero-order valence-electron chi connectivity index (χ0n) is 32.2. The summed E-state index contributed by atoms with van der Waals surface area (Å²) < 4.78 is 0. The van der Waals surface area contributed by atoms with Gasteiger partial charge in [-0.3, -0.25) is 0 Å². The first-order valence-corrected chi connectivity index (χ1v) is 18.9. The van der Waals surface area contributed by atoms with Crippen molar-refractivity contribution >= 4 is 96.7 Å². The van der Waals surface area contributed by atoms with Gasteiger partial charge >= 0.3 is 48.0 Å². The summed E-state index contributed by atoms with van der Waals surface area (Å²) in [5.41, 5.74) is 11.3. The molecule has 17 heteroatoms. The van der Waals surface area contributed by atoms with Crippen LogP contribution in [-0.4, -0.2) is 78.6 Å². The van der Waals surface area contributed by atoms with Crippen LogP contribution in [0.15, 0.2) is 121 Å². The van der Waals surface area contributed by atoms with Gasteiger partial charge in [0.25, 0.3) is 0 Å². The van der Waals surface area contributed by atoms with Crippen molar-refractivity contribution in [1.29, 1.82) is 0 Å². The fourth-order valence-corrected chi connectivity index (χ4v) is 7.56. The molecule has 0 atom stereocenters. The third-order valence-electron chi connectivity index (χ3n) is 10.6. The molecule has 290 valence electrons. The molecule has 0 saturated carbocycles. The first-order valence-electron chi connectivity index (χ1n) is 18.9. The van der Waals surface area contributed by atoms with Gasteiger partial charge in [-0.2, -0.15) is 0 Å². The van der Waals surface area contributed by atoms with Crippen LogP contribution in [0.3, 0.4) is 0 Å². The molecular formula is C44H32B4N4O8Zn. The Balaban J connectivity index is 0.00000514. The van der Waals surface area contributed by atoms with Crippen LogP contribution in [0.1, 0.15) is 22.8 Å². The summed E-state index contributed by atoms with van der Waals surface area (Å²) in [6.45, 7) is 0. The van der Waals surface area contributed by atoms with Gasteiger partial charge in [-0.15, -0.1) is 22.1 Å². The van der Waals surface area contributed by atoms with E-state index in [0.717, 1.165) is 0 Å². The Labute approximate surface area is 363 Å². The van der Waals surface area contributed by atoms with Crippen molar-refractivity contribution in [3.8, 4) is 44.5 Å². The number of benzene rings is 4. The largest absolute Gasteiger partial charge is 2.00 e. The predicted octanol–water partition coefficient (Wildman–Crippen LogP) is 1.30. The maximum atomic E-state index is 9.88. The van der Waals surface area contributed by atoms with Crippen molar-refractivity contribution in [1.82, 2.24) is 19.9 Å². The molecule has 2 aliphatic rings. The molecule has 12 nitrogen and oxygen atoms in total. The van der Waals surface area contributed by atoms with Gasteiger partial charge in [0.15, 0.2) is 0 Å². The minimum atomic E-state index is -1.66. The van der Waals surface area contributed by atoms with E-state index in [4.69, 9.17) is 19.9 Å². The average Bonchev–Trinajstić information content (AvgIpc) is 4.10. The van der Waals surface area contributed by atoms with E-state index in [0.29, 0.717) is 111 Å². The van der Waals surface area contributed by atoms with E-state index in [-0.39, 0.29) is 19.5 Å². The number of nitrogens with zero attached hydrogens (tertiary/aromatic N) is 4. The Bertz CT molecular complexity index is 2590. The summed E-state index contributed by atoms with van der Waals surface area (Å²) >= 11 is 0. The summed E-state index contributed by atoms with van der Waals surface area (Å²) in [6.07, 6.45) is 7.52. The fourth-order valence-electron chi connectivity index (χ4n) is 7.56. The van der Waals surface area contributed by atoms with E-state index in [1.54, 1.807) is 97.1 Å². The minimum absolute atomic E-state index is 0. The second-order valence-corrected chi connectivity index (χ2v) is 14.3. The molecule has 0 spiro atoms. The summed E-state index contributed by atoms with van der Waals surface area (Å²) in [5.74, 6) is 0. The molecule has 8 N–H and O–H groups in total. The molecule has 0 saturated heterocycles. The van der Waals surface area contributed by atoms with Crippen LogP contribution in [-0.2, 0) is 19.5 Å². The summed E-state index contributed by atoms with van der Waals surface area (Å²) in [7, 11) is -6.63. The second-order valence-electron chi connectivity index (χ2n) is 14.3. The predicted molar refractivity (Wildman–Crippen MR) is 238 cm³/mol. The molecule has 0 aliphatic carbocycles. The topological polar surface area (TPSA) is 216 Å². The maximum Gasteiger partial charge on any atom is 2.00 e. The zero-order chi connectivity index (χ0) is 41.7. The van der Waals surface area contributed by atoms with Gasteiger partial charge in [0.05, 0.1) is 22.8 Å². The molecule has 8 bridgehead atoms. The quantitative estimate of drug-likeness (QED) is 0.102. The Kier molecular flexibility index (Phi) is 11.8. The summed E-state index contributed by atoms with van der Waals surface area (Å²) in [4.78, 5) is 20.7. The van der Waals surface area contributed by atoms with E-state index < -0.39 is 28.5 Å². The van der Waals surface area contributed by atoms with Crippen LogP contribution in [0.4, 0.5) is 0 Å². The van der Waals surface area contributed by atoms with E-state index in [9.17, 15) is 40.2 Å². The number of rotatable bonds is 8. The monoisotopic (exact) mass is 852 g/mol. The molecule has 9 rings (SSSR count). The molecule has 0 unspecified atom stereocenters. The van der Waals surface area contributed by atoms with Crippen molar-refractivity contribution in [2.45, 2.75) is 0 Å². The summed E-state index contributed by atoms with van der Waals surface area (Å²) in [5, 5.41) is 79.0. The average molecular weight is 853 g/mol. The van der Waals surface area contributed by atoms with E-state index in [2.05, 4.69) is 0 Å². The van der Waals surface area contributed by atoms with Crippen molar-refractivity contribution in [3.05, 3.63) is 144 Å². The van der Waals surface area contributed by atoms with Crippen molar-refractivity contribution < 1.29 is 59.7 Å². The number of aromatic nitrogens is 4. The first kappa shape index (κ1) is 41.8. The molecule has 5 heterocycles. The van der Waals surface area contributed by atoms with Crippen LogP contribution >= 0.6 is 0 Å². The third-order valence-corrected chi connectivity index (χ3v) is 10.6. The van der Waals surface area contributed by atoms with E-state index in [1.807, 2.05) is 48.6 Å². The van der Waals surface area contributed by atoms with Gasteiger partial charge in [0.2, 0.25) is 0 Å². The second kappa shape index (κ2) is 17.2. The third kappa shape index (κ3) is 8.15. The van der Waals surface area contributed by atoms with Crippen molar-refractivity contribution in [3.63, 3.8) is 0 Å². The van der Waals surface area contributed by atoms with Gasteiger partial charge in [-0.25, -0.2) is 9.97 Å². The van der Waals surface area contributed by atoms with Gasteiger partial charge < -0.3 is 50.2 Å². The van der Waals surface area contributed by atoms with Gasteiger partial charge in [-0.1, -0.05) is 121 Å². The maximum absolute atomic E-state index is 9.88. The summed E-state index contributed by atoms with van der Waals surface area (Å²) in [6, 6.07) is 34.7. The fraction of sp³-hybridized carbons (Fsp3) is 0. The Morgan fingerprint density at radius 3 is 0.672 bits per heavy atom. The molecule has 4 aromatic carbocycles. The van der Waals surface area contributed by atoms with Gasteiger partial charge in [0.1, 0.15) is 0 Å². The minimum Gasteiger partial charge on any atom is -0.657 e. The van der Waals surface area contributed by atoms with E-state index >= 15 is 0 Å². The molecule has 0 fully saturated rings. The molecule has 0 amide bonds. The molecular weight excluding hydrogens is 821 g/mol. The number of hydrogen-bond donors (Lipinski definition) is 8. The van der Waals surface area contributed by atoms with E-state index in [1.165, 1.54) is 0 Å². The molecule has 3 aromatic heterocycles. The normalized spacial score (nSPS) is 11.7.